The molecule has 0 atom stereocenters. The largest absolute Gasteiger partial charge is 0.490 e. The van der Waals surface area contributed by atoms with Gasteiger partial charge in [-0.3, -0.25) is 0 Å². The Morgan fingerprint density at radius 1 is 1.10 bits per heavy atom. The first kappa shape index (κ1) is 14.4. The van der Waals surface area contributed by atoms with E-state index in [0.717, 1.165) is 10.2 Å². The molecule has 104 valence electrons. The number of esters is 1. The van der Waals surface area contributed by atoms with Crippen molar-refractivity contribution in [3.8, 4) is 5.75 Å². The van der Waals surface area contributed by atoms with Gasteiger partial charge in [0.05, 0.1) is 5.56 Å². The highest BCUT2D eigenvalue weighted by molar-refractivity contribution is 9.10. The number of carbonyl (C=O) groups is 1. The fourth-order valence-electron chi connectivity index (χ4n) is 1.61. The summed E-state index contributed by atoms with van der Waals surface area (Å²) in [6, 6.07) is 14.4. The Labute approximate surface area is 125 Å². The summed E-state index contributed by atoms with van der Waals surface area (Å²) >= 11 is 3.28. The number of para-hydroxylation sites is 1. The van der Waals surface area contributed by atoms with Crippen LogP contribution in [0.25, 0.3) is 0 Å². The van der Waals surface area contributed by atoms with E-state index < -0.39 is 5.97 Å². The van der Waals surface area contributed by atoms with E-state index in [-0.39, 0.29) is 6.61 Å². The molecule has 0 aliphatic carbocycles. The summed E-state index contributed by atoms with van der Waals surface area (Å²) in [6.45, 7) is 0.468. The second-order valence-corrected chi connectivity index (χ2v) is 4.94. The van der Waals surface area contributed by atoms with Crippen LogP contribution in [0.2, 0.25) is 0 Å². The number of rotatable bonds is 5. The molecule has 0 fully saturated rings. The van der Waals surface area contributed by atoms with Crippen LogP contribution in [0.15, 0.2) is 53.0 Å². The number of halogens is 1. The Morgan fingerprint density at radius 2 is 1.85 bits per heavy atom. The Kier molecular flexibility index (Phi) is 5.01. The molecule has 2 rings (SSSR count). The van der Waals surface area contributed by atoms with E-state index in [0.29, 0.717) is 17.9 Å². The summed E-state index contributed by atoms with van der Waals surface area (Å²) in [6.07, 6.45) is 0. The van der Waals surface area contributed by atoms with Gasteiger partial charge in [-0.1, -0.05) is 34.1 Å². The lowest BCUT2D eigenvalue weighted by Crippen LogP contribution is -2.13. The highest BCUT2D eigenvalue weighted by Gasteiger charge is 2.11. The molecule has 0 saturated heterocycles. The molecule has 0 aliphatic rings. The zero-order valence-corrected chi connectivity index (χ0v) is 12.3. The van der Waals surface area contributed by atoms with E-state index in [1.807, 2.05) is 30.3 Å². The molecule has 2 N–H and O–H groups in total. The molecule has 0 aromatic heterocycles. The number of nitrogens with two attached hydrogens (primary N) is 1. The Bertz CT molecular complexity index is 587. The minimum absolute atomic E-state index is 0.170. The first-order chi connectivity index (χ1) is 9.66. The summed E-state index contributed by atoms with van der Waals surface area (Å²) in [7, 11) is 0. The highest BCUT2D eigenvalue weighted by atomic mass is 79.9. The number of ether oxygens (including phenoxy) is 2. The number of carbonyl (C=O) groups excluding carboxylic acids is 1. The molecule has 4 nitrogen and oxygen atoms in total. The van der Waals surface area contributed by atoms with Crippen molar-refractivity contribution >= 4 is 27.6 Å². The third kappa shape index (κ3) is 3.99. The third-order valence-corrected chi connectivity index (χ3v) is 3.06. The van der Waals surface area contributed by atoms with Crippen LogP contribution >= 0.6 is 15.9 Å². The summed E-state index contributed by atoms with van der Waals surface area (Å²) in [5.41, 5.74) is 6.49. The molecule has 0 bridgehead atoms. The van der Waals surface area contributed by atoms with Crippen molar-refractivity contribution in [1.82, 2.24) is 0 Å². The SMILES string of the molecule is Nc1cc(Br)ccc1C(=O)OCCOc1ccccc1. The molecule has 2 aromatic carbocycles. The van der Waals surface area contributed by atoms with Crippen molar-refractivity contribution in [1.29, 1.82) is 0 Å². The second kappa shape index (κ2) is 6.96. The maximum atomic E-state index is 11.8. The zero-order chi connectivity index (χ0) is 14.4. The van der Waals surface area contributed by atoms with Crippen molar-refractivity contribution in [2.24, 2.45) is 0 Å². The van der Waals surface area contributed by atoms with Gasteiger partial charge in [0.1, 0.15) is 19.0 Å². The fraction of sp³-hybridized carbons (Fsp3) is 0.133. The minimum Gasteiger partial charge on any atom is -0.490 e. The molecule has 0 saturated carbocycles. The molecular formula is C15H14BrNO3. The molecule has 0 heterocycles. The molecule has 0 amide bonds. The van der Waals surface area contributed by atoms with Crippen molar-refractivity contribution in [2.75, 3.05) is 18.9 Å². The highest BCUT2D eigenvalue weighted by Crippen LogP contribution is 2.19. The van der Waals surface area contributed by atoms with Gasteiger partial charge in [-0.05, 0) is 30.3 Å². The second-order valence-electron chi connectivity index (χ2n) is 4.03. The van der Waals surface area contributed by atoms with Crippen molar-refractivity contribution in [2.45, 2.75) is 0 Å². The molecule has 0 aliphatic heterocycles. The first-order valence-electron chi connectivity index (χ1n) is 6.07. The quantitative estimate of drug-likeness (QED) is 0.517. The lowest BCUT2D eigenvalue weighted by Gasteiger charge is -2.08. The van der Waals surface area contributed by atoms with Crippen LogP contribution in [-0.2, 0) is 4.74 Å². The smallest absolute Gasteiger partial charge is 0.340 e. The van der Waals surface area contributed by atoms with Gasteiger partial charge in [0.2, 0.25) is 0 Å². The van der Waals surface area contributed by atoms with Crippen LogP contribution in [0.4, 0.5) is 5.69 Å². The van der Waals surface area contributed by atoms with Gasteiger partial charge in [-0.15, -0.1) is 0 Å². The van der Waals surface area contributed by atoms with Crippen molar-refractivity contribution < 1.29 is 14.3 Å². The standard InChI is InChI=1S/C15H14BrNO3/c16-11-6-7-13(14(17)10-11)15(18)20-9-8-19-12-4-2-1-3-5-12/h1-7,10H,8-9,17H2. The molecular weight excluding hydrogens is 322 g/mol. The van der Waals surface area contributed by atoms with E-state index >= 15 is 0 Å². The normalized spacial score (nSPS) is 10.1. The van der Waals surface area contributed by atoms with Crippen LogP contribution in [0.3, 0.4) is 0 Å². The number of benzene rings is 2. The Balaban J connectivity index is 1.80. The van der Waals surface area contributed by atoms with E-state index in [1.165, 1.54) is 0 Å². The van der Waals surface area contributed by atoms with Crippen LogP contribution in [0, 0.1) is 0 Å². The molecule has 5 heteroatoms. The van der Waals surface area contributed by atoms with E-state index in [9.17, 15) is 4.79 Å². The fourth-order valence-corrected chi connectivity index (χ4v) is 1.99. The maximum absolute atomic E-state index is 11.8. The zero-order valence-electron chi connectivity index (χ0n) is 10.7. The van der Waals surface area contributed by atoms with Crippen LogP contribution < -0.4 is 10.5 Å². The average Bonchev–Trinajstić information content (AvgIpc) is 2.44. The van der Waals surface area contributed by atoms with Gasteiger partial charge in [-0.25, -0.2) is 4.79 Å². The third-order valence-electron chi connectivity index (χ3n) is 2.56. The lowest BCUT2D eigenvalue weighted by molar-refractivity contribution is 0.0451. The van der Waals surface area contributed by atoms with Crippen molar-refractivity contribution in [3.05, 3.63) is 58.6 Å². The lowest BCUT2D eigenvalue weighted by atomic mass is 10.2. The molecule has 0 unspecified atom stereocenters. The van der Waals surface area contributed by atoms with Gasteiger partial charge < -0.3 is 15.2 Å². The monoisotopic (exact) mass is 335 g/mol. The predicted molar refractivity (Wildman–Crippen MR) is 80.8 cm³/mol. The van der Waals surface area contributed by atoms with E-state index in [2.05, 4.69) is 15.9 Å². The van der Waals surface area contributed by atoms with Crippen LogP contribution in [0.5, 0.6) is 5.75 Å². The van der Waals surface area contributed by atoms with Crippen LogP contribution in [-0.4, -0.2) is 19.2 Å². The summed E-state index contributed by atoms with van der Waals surface area (Å²) < 4.78 is 11.4. The minimum atomic E-state index is -0.452. The number of hydrogen-bond donors (Lipinski definition) is 1. The molecule has 0 radical (unpaired) electrons. The van der Waals surface area contributed by atoms with Gasteiger partial charge in [-0.2, -0.15) is 0 Å². The number of anilines is 1. The van der Waals surface area contributed by atoms with Gasteiger partial charge >= 0.3 is 5.97 Å². The van der Waals surface area contributed by atoms with Gasteiger partial charge in [0.25, 0.3) is 0 Å². The first-order valence-corrected chi connectivity index (χ1v) is 6.86. The predicted octanol–water partition coefficient (Wildman–Crippen LogP) is 3.27. The average molecular weight is 336 g/mol. The number of nitrogen functional groups attached to an aromatic ring is 1. The maximum Gasteiger partial charge on any atom is 0.340 e. The van der Waals surface area contributed by atoms with Gasteiger partial charge in [0, 0.05) is 10.2 Å². The topological polar surface area (TPSA) is 61.6 Å². The van der Waals surface area contributed by atoms with Crippen molar-refractivity contribution in [3.63, 3.8) is 0 Å². The Morgan fingerprint density at radius 3 is 2.55 bits per heavy atom. The summed E-state index contributed by atoms with van der Waals surface area (Å²) in [5.74, 6) is 0.290. The summed E-state index contributed by atoms with van der Waals surface area (Å²) in [5, 5.41) is 0. The van der Waals surface area contributed by atoms with Gasteiger partial charge in [0.15, 0.2) is 0 Å². The molecule has 2 aromatic rings. The van der Waals surface area contributed by atoms with Crippen LogP contribution in [0.1, 0.15) is 10.4 Å². The molecule has 0 spiro atoms. The summed E-state index contributed by atoms with van der Waals surface area (Å²) in [4.78, 5) is 11.8. The van der Waals surface area contributed by atoms with E-state index in [4.69, 9.17) is 15.2 Å². The number of hydrogen-bond acceptors (Lipinski definition) is 4. The Hall–Kier alpha value is -2.01. The van der Waals surface area contributed by atoms with E-state index in [1.54, 1.807) is 18.2 Å². The molecule has 20 heavy (non-hydrogen) atoms.